The summed E-state index contributed by atoms with van der Waals surface area (Å²) in [6.45, 7) is 0. The van der Waals surface area contributed by atoms with Gasteiger partial charge in [-0.3, -0.25) is 0 Å². The van der Waals surface area contributed by atoms with Gasteiger partial charge in [-0.1, -0.05) is 5.92 Å². The minimum atomic E-state index is -1.16. The quantitative estimate of drug-likeness (QED) is 0.455. The number of carboxylic acids is 1. The minimum Gasteiger partial charge on any atom is -0.508 e. The first-order chi connectivity index (χ1) is 5.68. The number of carboxylic acid groups (broad SMARTS) is 1. The maximum atomic E-state index is 10.0. The van der Waals surface area contributed by atoms with E-state index in [4.69, 9.17) is 10.2 Å². The Morgan fingerprint density at radius 3 is 2.23 bits per heavy atom. The molecule has 0 aliphatic heterocycles. The molecule has 3 nitrogen and oxygen atoms in total. The van der Waals surface area contributed by atoms with Gasteiger partial charge in [0.15, 0.2) is 0 Å². The summed E-state index contributed by atoms with van der Waals surface area (Å²) < 4.78 is 0. The topological polar surface area (TPSA) is 57.5 Å². The normalized spacial score (nSPS) is 7.69. The molecule has 0 aliphatic carbocycles. The predicted molar refractivity (Wildman–Crippen MR) is 48.4 cm³/mol. The molecule has 13 heavy (non-hydrogen) atoms. The second-order valence-corrected chi connectivity index (χ2v) is 2.10. The van der Waals surface area contributed by atoms with Gasteiger partial charge in [0.05, 0.1) is 0 Å². The SMILES string of the molecule is O=C(O)C#Cc1ccc(O)cc1.[Na]. The van der Waals surface area contributed by atoms with Gasteiger partial charge >= 0.3 is 5.97 Å². The van der Waals surface area contributed by atoms with E-state index >= 15 is 0 Å². The van der Waals surface area contributed by atoms with Crippen LogP contribution in [-0.2, 0) is 4.79 Å². The van der Waals surface area contributed by atoms with Crippen molar-refractivity contribution in [1.82, 2.24) is 0 Å². The van der Waals surface area contributed by atoms with E-state index in [1.165, 1.54) is 12.1 Å². The Morgan fingerprint density at radius 1 is 1.23 bits per heavy atom. The molecule has 0 aliphatic rings. The molecule has 0 heterocycles. The van der Waals surface area contributed by atoms with Crippen LogP contribution in [0, 0.1) is 11.8 Å². The molecule has 0 amide bonds. The van der Waals surface area contributed by atoms with Crippen molar-refractivity contribution < 1.29 is 15.0 Å². The molecule has 1 aromatic carbocycles. The zero-order valence-corrected chi connectivity index (χ0v) is 9.11. The van der Waals surface area contributed by atoms with Crippen LogP contribution in [0.5, 0.6) is 5.75 Å². The number of rotatable bonds is 0. The van der Waals surface area contributed by atoms with Crippen molar-refractivity contribution in [2.75, 3.05) is 0 Å². The molecule has 1 radical (unpaired) electrons. The van der Waals surface area contributed by atoms with Crippen molar-refractivity contribution in [3.8, 4) is 17.6 Å². The van der Waals surface area contributed by atoms with Crippen LogP contribution in [0.25, 0.3) is 0 Å². The van der Waals surface area contributed by atoms with Crippen molar-refractivity contribution in [3.63, 3.8) is 0 Å². The Kier molecular flexibility index (Phi) is 5.24. The molecule has 0 saturated heterocycles. The van der Waals surface area contributed by atoms with Crippen LogP contribution in [0.15, 0.2) is 24.3 Å². The fourth-order valence-corrected chi connectivity index (χ4v) is 0.670. The van der Waals surface area contributed by atoms with Crippen LogP contribution in [0.4, 0.5) is 0 Å². The van der Waals surface area contributed by atoms with Crippen molar-refractivity contribution in [2.24, 2.45) is 0 Å². The van der Waals surface area contributed by atoms with E-state index in [-0.39, 0.29) is 35.3 Å². The summed E-state index contributed by atoms with van der Waals surface area (Å²) in [5, 5.41) is 17.1. The van der Waals surface area contributed by atoms with Crippen molar-refractivity contribution in [1.29, 1.82) is 0 Å². The molecular formula is C9H6NaO3. The molecule has 0 fully saturated rings. The van der Waals surface area contributed by atoms with E-state index < -0.39 is 5.97 Å². The van der Waals surface area contributed by atoms with Crippen molar-refractivity contribution in [3.05, 3.63) is 29.8 Å². The number of phenolic OH excluding ortho intramolecular Hbond substituents is 1. The van der Waals surface area contributed by atoms with Crippen LogP contribution in [-0.4, -0.2) is 45.7 Å². The van der Waals surface area contributed by atoms with E-state index in [9.17, 15) is 4.79 Å². The van der Waals surface area contributed by atoms with Crippen LogP contribution in [0.1, 0.15) is 5.56 Å². The van der Waals surface area contributed by atoms with Crippen molar-refractivity contribution >= 4 is 35.5 Å². The summed E-state index contributed by atoms with van der Waals surface area (Å²) in [4.78, 5) is 10.0. The summed E-state index contributed by atoms with van der Waals surface area (Å²) in [6, 6.07) is 5.99. The van der Waals surface area contributed by atoms with E-state index in [0.29, 0.717) is 5.56 Å². The maximum Gasteiger partial charge on any atom is 0.382 e. The molecule has 0 bridgehead atoms. The minimum absolute atomic E-state index is 0. The van der Waals surface area contributed by atoms with Gasteiger partial charge in [-0.2, -0.15) is 0 Å². The Labute approximate surface area is 97.7 Å². The summed E-state index contributed by atoms with van der Waals surface area (Å²) >= 11 is 0. The van der Waals surface area contributed by atoms with Gasteiger partial charge in [-0.25, -0.2) is 4.79 Å². The predicted octanol–water partition coefficient (Wildman–Crippen LogP) is 0.448. The molecule has 2 N–H and O–H groups in total. The van der Waals surface area contributed by atoms with Gasteiger partial charge in [0.2, 0.25) is 0 Å². The summed E-state index contributed by atoms with van der Waals surface area (Å²) in [5.74, 6) is 3.35. The Morgan fingerprint density at radius 2 is 1.77 bits per heavy atom. The van der Waals surface area contributed by atoms with Gasteiger partial charge in [-0.15, -0.1) is 0 Å². The number of phenols is 1. The maximum absolute atomic E-state index is 10.0. The molecule has 0 spiro atoms. The number of hydrogen-bond acceptors (Lipinski definition) is 2. The van der Waals surface area contributed by atoms with E-state index in [0.717, 1.165) is 0 Å². The number of carbonyl (C=O) groups is 1. The molecule has 61 valence electrons. The van der Waals surface area contributed by atoms with Crippen LogP contribution in [0.2, 0.25) is 0 Å². The summed E-state index contributed by atoms with van der Waals surface area (Å²) in [7, 11) is 0. The number of aromatic hydroxyl groups is 1. The van der Waals surface area contributed by atoms with Gasteiger partial charge in [0.25, 0.3) is 0 Å². The Balaban J connectivity index is 0.00000144. The average molecular weight is 185 g/mol. The molecule has 1 aromatic rings. The van der Waals surface area contributed by atoms with Gasteiger partial charge in [0, 0.05) is 41.0 Å². The zero-order chi connectivity index (χ0) is 8.97. The first-order valence-corrected chi connectivity index (χ1v) is 3.22. The molecule has 0 aromatic heterocycles. The average Bonchev–Trinajstić information content (AvgIpc) is 2.03. The molecule has 1 rings (SSSR count). The second-order valence-electron chi connectivity index (χ2n) is 2.10. The molecular weight excluding hydrogens is 179 g/mol. The monoisotopic (exact) mass is 185 g/mol. The zero-order valence-electron chi connectivity index (χ0n) is 7.11. The third kappa shape index (κ3) is 4.58. The van der Waals surface area contributed by atoms with Crippen LogP contribution < -0.4 is 0 Å². The molecule has 4 heteroatoms. The number of hydrogen-bond donors (Lipinski definition) is 2. The van der Waals surface area contributed by atoms with Gasteiger partial charge in [0.1, 0.15) is 5.75 Å². The molecule has 0 unspecified atom stereocenters. The first kappa shape index (κ1) is 12.0. The second kappa shape index (κ2) is 5.65. The first-order valence-electron chi connectivity index (χ1n) is 3.22. The van der Waals surface area contributed by atoms with E-state index in [1.54, 1.807) is 12.1 Å². The summed E-state index contributed by atoms with van der Waals surface area (Å²) in [6.07, 6.45) is 0. The van der Waals surface area contributed by atoms with Crippen molar-refractivity contribution in [2.45, 2.75) is 0 Å². The van der Waals surface area contributed by atoms with E-state index in [2.05, 4.69) is 5.92 Å². The van der Waals surface area contributed by atoms with Crippen LogP contribution in [0.3, 0.4) is 0 Å². The third-order valence-electron chi connectivity index (χ3n) is 1.18. The summed E-state index contributed by atoms with van der Waals surface area (Å²) in [5.41, 5.74) is 0.565. The Hall–Kier alpha value is -0.950. The Bertz CT molecular complexity index is 345. The fourth-order valence-electron chi connectivity index (χ4n) is 0.670. The third-order valence-corrected chi connectivity index (χ3v) is 1.18. The van der Waals surface area contributed by atoms with E-state index in [1.807, 2.05) is 5.92 Å². The number of aliphatic carboxylic acids is 1. The molecule has 0 saturated carbocycles. The van der Waals surface area contributed by atoms with Gasteiger partial charge < -0.3 is 10.2 Å². The molecule has 0 atom stereocenters. The largest absolute Gasteiger partial charge is 0.508 e. The number of benzene rings is 1. The standard InChI is InChI=1S/C9H6O3.Na/c10-8-4-1-7(2-5-8)3-6-9(11)12;/h1-2,4-5,10H,(H,11,12);. The fraction of sp³-hybridized carbons (Fsp3) is 0. The van der Waals surface area contributed by atoms with Gasteiger partial charge in [-0.05, 0) is 24.3 Å². The smallest absolute Gasteiger partial charge is 0.382 e. The van der Waals surface area contributed by atoms with Crippen LogP contribution >= 0.6 is 0 Å².